The molecule has 0 bridgehead atoms. The van der Waals surface area contributed by atoms with Gasteiger partial charge in [-0.05, 0) is 19.4 Å². The minimum atomic E-state index is -0.556. The summed E-state index contributed by atoms with van der Waals surface area (Å²) in [5, 5.41) is 0. The Bertz CT molecular complexity index is 340. The van der Waals surface area contributed by atoms with Crippen LogP contribution < -0.4 is 5.48 Å². The number of amides is 1. The van der Waals surface area contributed by atoms with Crippen LogP contribution in [0.2, 0.25) is 0 Å². The number of rotatable bonds is 5. The molecule has 1 aromatic rings. The van der Waals surface area contributed by atoms with Gasteiger partial charge in [0.2, 0.25) is 0 Å². The summed E-state index contributed by atoms with van der Waals surface area (Å²) in [6.45, 7) is 6.03. The first kappa shape index (κ1) is 13.5. The minimum Gasteiger partial charge on any atom is -0.448 e. The van der Waals surface area contributed by atoms with Gasteiger partial charge in [0.25, 0.3) is 0 Å². The maximum absolute atomic E-state index is 11.0. The highest BCUT2D eigenvalue weighted by molar-refractivity contribution is 5.65. The standard InChI is InChI=1S/C13H19NO3/c1-4-16-13(15)14-17-11(3)10(2)12-8-6-5-7-9-12/h5-11H,4H2,1-3H3,(H,14,15). The maximum Gasteiger partial charge on any atom is 0.431 e. The topological polar surface area (TPSA) is 47.6 Å². The fourth-order valence-corrected chi connectivity index (χ4v) is 1.43. The van der Waals surface area contributed by atoms with Crippen molar-refractivity contribution in [3.63, 3.8) is 0 Å². The van der Waals surface area contributed by atoms with Crippen LogP contribution in [0, 0.1) is 0 Å². The van der Waals surface area contributed by atoms with Gasteiger partial charge in [-0.1, -0.05) is 37.3 Å². The molecule has 0 spiro atoms. The Hall–Kier alpha value is -1.55. The van der Waals surface area contributed by atoms with Crippen LogP contribution in [0.3, 0.4) is 0 Å². The van der Waals surface area contributed by atoms with E-state index in [1.807, 2.05) is 44.2 Å². The molecule has 94 valence electrons. The fourth-order valence-electron chi connectivity index (χ4n) is 1.43. The quantitative estimate of drug-likeness (QED) is 0.801. The highest BCUT2D eigenvalue weighted by atomic mass is 16.7. The molecule has 0 fully saturated rings. The van der Waals surface area contributed by atoms with Crippen LogP contribution >= 0.6 is 0 Å². The highest BCUT2D eigenvalue weighted by Crippen LogP contribution is 2.20. The average molecular weight is 237 g/mol. The lowest BCUT2D eigenvalue weighted by Gasteiger charge is -2.20. The number of hydrogen-bond acceptors (Lipinski definition) is 3. The zero-order valence-electron chi connectivity index (χ0n) is 10.5. The summed E-state index contributed by atoms with van der Waals surface area (Å²) in [5.41, 5.74) is 3.44. The number of benzene rings is 1. The molecule has 1 N–H and O–H groups in total. The van der Waals surface area contributed by atoms with Gasteiger partial charge in [0.1, 0.15) is 0 Å². The van der Waals surface area contributed by atoms with E-state index < -0.39 is 6.09 Å². The molecule has 1 rings (SSSR count). The normalized spacial score (nSPS) is 13.8. The monoisotopic (exact) mass is 237 g/mol. The van der Waals surface area contributed by atoms with Crippen molar-refractivity contribution in [3.05, 3.63) is 35.9 Å². The third kappa shape index (κ3) is 4.44. The van der Waals surface area contributed by atoms with Crippen molar-refractivity contribution in [2.75, 3.05) is 6.61 Å². The van der Waals surface area contributed by atoms with Gasteiger partial charge in [-0.2, -0.15) is 5.48 Å². The first-order valence-electron chi connectivity index (χ1n) is 5.78. The molecule has 0 aliphatic heterocycles. The van der Waals surface area contributed by atoms with E-state index in [1.165, 1.54) is 5.56 Å². The van der Waals surface area contributed by atoms with E-state index in [0.717, 1.165) is 0 Å². The maximum atomic E-state index is 11.0. The lowest BCUT2D eigenvalue weighted by molar-refractivity contribution is -0.0237. The van der Waals surface area contributed by atoms with E-state index in [2.05, 4.69) is 5.48 Å². The molecule has 4 heteroatoms. The Morgan fingerprint density at radius 1 is 1.29 bits per heavy atom. The van der Waals surface area contributed by atoms with Crippen LogP contribution in [-0.4, -0.2) is 18.8 Å². The molecule has 4 nitrogen and oxygen atoms in total. The Morgan fingerprint density at radius 3 is 2.53 bits per heavy atom. The fraction of sp³-hybridized carbons (Fsp3) is 0.462. The molecule has 0 aromatic heterocycles. The van der Waals surface area contributed by atoms with Crippen molar-refractivity contribution in [1.29, 1.82) is 0 Å². The SMILES string of the molecule is CCOC(=O)NOC(C)C(C)c1ccccc1. The predicted octanol–water partition coefficient (Wildman–Crippen LogP) is 2.86. The molecule has 0 saturated carbocycles. The molecule has 0 heterocycles. The summed E-state index contributed by atoms with van der Waals surface area (Å²) in [6.07, 6.45) is -0.679. The van der Waals surface area contributed by atoms with Gasteiger partial charge in [-0.15, -0.1) is 0 Å². The minimum absolute atomic E-state index is 0.123. The van der Waals surface area contributed by atoms with Crippen molar-refractivity contribution < 1.29 is 14.4 Å². The molecule has 2 atom stereocenters. The van der Waals surface area contributed by atoms with Gasteiger partial charge >= 0.3 is 6.09 Å². The largest absolute Gasteiger partial charge is 0.448 e. The second-order valence-corrected chi connectivity index (χ2v) is 3.84. The van der Waals surface area contributed by atoms with E-state index >= 15 is 0 Å². The highest BCUT2D eigenvalue weighted by Gasteiger charge is 2.16. The smallest absolute Gasteiger partial charge is 0.431 e. The average Bonchev–Trinajstić information content (AvgIpc) is 2.36. The number of carbonyl (C=O) groups excluding carboxylic acids is 1. The molecular weight excluding hydrogens is 218 g/mol. The lowest BCUT2D eigenvalue weighted by atomic mass is 9.97. The van der Waals surface area contributed by atoms with Gasteiger partial charge in [0.15, 0.2) is 0 Å². The van der Waals surface area contributed by atoms with E-state index in [-0.39, 0.29) is 12.0 Å². The van der Waals surface area contributed by atoms with Crippen molar-refractivity contribution >= 4 is 6.09 Å². The summed E-state index contributed by atoms with van der Waals surface area (Å²) in [6, 6.07) is 10.0. The van der Waals surface area contributed by atoms with Crippen LogP contribution in [0.15, 0.2) is 30.3 Å². The Labute approximate surface area is 102 Å². The van der Waals surface area contributed by atoms with Gasteiger partial charge in [-0.25, -0.2) is 4.79 Å². The van der Waals surface area contributed by atoms with Crippen LogP contribution in [0.25, 0.3) is 0 Å². The number of carbonyl (C=O) groups is 1. The molecule has 0 aliphatic rings. The molecule has 0 radical (unpaired) electrons. The molecule has 1 amide bonds. The third-order valence-corrected chi connectivity index (χ3v) is 2.63. The van der Waals surface area contributed by atoms with Gasteiger partial charge in [-0.3, -0.25) is 4.84 Å². The molecule has 0 aliphatic carbocycles. The van der Waals surface area contributed by atoms with Gasteiger partial charge in [0, 0.05) is 5.92 Å². The predicted molar refractivity (Wildman–Crippen MR) is 65.6 cm³/mol. The third-order valence-electron chi connectivity index (χ3n) is 2.63. The molecule has 17 heavy (non-hydrogen) atoms. The molecule has 1 aromatic carbocycles. The van der Waals surface area contributed by atoms with E-state index in [9.17, 15) is 4.79 Å². The molecule has 0 saturated heterocycles. The van der Waals surface area contributed by atoms with E-state index in [1.54, 1.807) is 6.92 Å². The summed E-state index contributed by atoms with van der Waals surface area (Å²) < 4.78 is 4.70. The summed E-state index contributed by atoms with van der Waals surface area (Å²) in [7, 11) is 0. The molecular formula is C13H19NO3. The van der Waals surface area contributed by atoms with Crippen molar-refractivity contribution in [2.24, 2.45) is 0 Å². The number of hydroxylamine groups is 1. The first-order valence-corrected chi connectivity index (χ1v) is 5.78. The van der Waals surface area contributed by atoms with Gasteiger partial charge < -0.3 is 4.74 Å². The summed E-state index contributed by atoms with van der Waals surface area (Å²) in [5.74, 6) is 0.193. The summed E-state index contributed by atoms with van der Waals surface area (Å²) >= 11 is 0. The second-order valence-electron chi connectivity index (χ2n) is 3.84. The van der Waals surface area contributed by atoms with Crippen LogP contribution in [0.4, 0.5) is 4.79 Å². The van der Waals surface area contributed by atoms with E-state index in [4.69, 9.17) is 9.57 Å². The first-order chi connectivity index (χ1) is 8.15. The van der Waals surface area contributed by atoms with Crippen LogP contribution in [-0.2, 0) is 9.57 Å². The Balaban J connectivity index is 2.42. The summed E-state index contributed by atoms with van der Waals surface area (Å²) in [4.78, 5) is 16.3. The van der Waals surface area contributed by atoms with Crippen LogP contribution in [0.5, 0.6) is 0 Å². The second kappa shape index (κ2) is 6.91. The van der Waals surface area contributed by atoms with Crippen molar-refractivity contribution in [1.82, 2.24) is 5.48 Å². The van der Waals surface area contributed by atoms with Crippen molar-refractivity contribution in [2.45, 2.75) is 32.8 Å². The van der Waals surface area contributed by atoms with Gasteiger partial charge in [0.05, 0.1) is 12.7 Å². The zero-order valence-corrected chi connectivity index (χ0v) is 10.5. The number of hydrogen-bond donors (Lipinski definition) is 1. The molecule has 2 unspecified atom stereocenters. The van der Waals surface area contributed by atoms with E-state index in [0.29, 0.717) is 6.61 Å². The van der Waals surface area contributed by atoms with Crippen LogP contribution in [0.1, 0.15) is 32.3 Å². The number of nitrogens with one attached hydrogen (secondary N) is 1. The van der Waals surface area contributed by atoms with Crippen molar-refractivity contribution in [3.8, 4) is 0 Å². The Morgan fingerprint density at radius 2 is 1.94 bits per heavy atom. The Kier molecular flexibility index (Phi) is 5.49. The zero-order chi connectivity index (χ0) is 12.7. The lowest BCUT2D eigenvalue weighted by Crippen LogP contribution is -2.31. The number of ether oxygens (including phenoxy) is 1.